The highest BCUT2D eigenvalue weighted by atomic mass is 16.5. The first-order chi connectivity index (χ1) is 12.3. The summed E-state index contributed by atoms with van der Waals surface area (Å²) in [6.07, 6.45) is 0. The van der Waals surface area contributed by atoms with E-state index in [4.69, 9.17) is 9.72 Å². The summed E-state index contributed by atoms with van der Waals surface area (Å²) in [5.41, 5.74) is 5.38. The summed E-state index contributed by atoms with van der Waals surface area (Å²) in [6, 6.07) is 27.1. The molecule has 0 saturated carbocycles. The molecule has 0 atom stereocenters. The van der Waals surface area contributed by atoms with Gasteiger partial charge < -0.3 is 4.74 Å². The quantitative estimate of drug-likeness (QED) is 0.439. The van der Waals surface area contributed by atoms with Gasteiger partial charge in [0.1, 0.15) is 11.4 Å². The zero-order valence-corrected chi connectivity index (χ0v) is 13.8. The standard InChI is InChI=1S/C22H16N2O/c1-25-17-12-11-16-13-21(15-7-3-2-4-8-15)24-20-10-6-5-9-19(20)23-22(24)18(16)14-17/h2-14H,1H3. The number of benzene rings is 3. The summed E-state index contributed by atoms with van der Waals surface area (Å²) in [5.74, 6) is 0.842. The summed E-state index contributed by atoms with van der Waals surface area (Å²) in [4.78, 5) is 4.91. The second-order valence-electron chi connectivity index (χ2n) is 6.11. The molecule has 0 amide bonds. The van der Waals surface area contributed by atoms with Gasteiger partial charge in [-0.2, -0.15) is 0 Å². The van der Waals surface area contributed by atoms with Crippen molar-refractivity contribution in [1.82, 2.24) is 9.38 Å². The molecule has 25 heavy (non-hydrogen) atoms. The van der Waals surface area contributed by atoms with Crippen LogP contribution < -0.4 is 4.74 Å². The first kappa shape index (κ1) is 14.1. The third-order valence-electron chi connectivity index (χ3n) is 4.66. The zero-order valence-electron chi connectivity index (χ0n) is 13.8. The largest absolute Gasteiger partial charge is 0.497 e. The van der Waals surface area contributed by atoms with Crippen LogP contribution in [0.2, 0.25) is 0 Å². The Hall–Kier alpha value is -3.33. The Morgan fingerprint density at radius 3 is 2.48 bits per heavy atom. The van der Waals surface area contributed by atoms with Crippen LogP contribution in [0, 0.1) is 0 Å². The molecule has 3 nitrogen and oxygen atoms in total. The normalized spacial score (nSPS) is 11.4. The molecule has 0 aliphatic carbocycles. The number of para-hydroxylation sites is 2. The molecule has 5 rings (SSSR count). The van der Waals surface area contributed by atoms with Crippen molar-refractivity contribution in [3.63, 3.8) is 0 Å². The Kier molecular flexibility index (Phi) is 3.01. The average Bonchev–Trinajstić information content (AvgIpc) is 3.07. The Morgan fingerprint density at radius 2 is 1.64 bits per heavy atom. The number of ether oxygens (including phenoxy) is 1. The van der Waals surface area contributed by atoms with Gasteiger partial charge in [-0.3, -0.25) is 4.40 Å². The van der Waals surface area contributed by atoms with Gasteiger partial charge in [0.05, 0.1) is 23.8 Å². The lowest BCUT2D eigenvalue weighted by Gasteiger charge is -2.11. The predicted octanol–water partition coefficient (Wildman–Crippen LogP) is 5.32. The van der Waals surface area contributed by atoms with Gasteiger partial charge in [0.15, 0.2) is 0 Å². The number of hydrogen-bond donors (Lipinski definition) is 0. The number of methoxy groups -OCH3 is 1. The Labute approximate surface area is 145 Å². The van der Waals surface area contributed by atoms with Gasteiger partial charge in [-0.25, -0.2) is 4.98 Å². The van der Waals surface area contributed by atoms with Crippen molar-refractivity contribution >= 4 is 27.5 Å². The summed E-state index contributed by atoms with van der Waals surface area (Å²) in [7, 11) is 1.69. The van der Waals surface area contributed by atoms with Crippen LogP contribution in [0.3, 0.4) is 0 Å². The number of pyridine rings is 1. The molecule has 0 bridgehead atoms. The van der Waals surface area contributed by atoms with Gasteiger partial charge in [-0.1, -0.05) is 48.5 Å². The molecule has 0 spiro atoms. The first-order valence-corrected chi connectivity index (χ1v) is 8.28. The van der Waals surface area contributed by atoms with E-state index in [0.29, 0.717) is 0 Å². The predicted molar refractivity (Wildman–Crippen MR) is 102 cm³/mol. The van der Waals surface area contributed by atoms with Crippen LogP contribution in [0.15, 0.2) is 78.9 Å². The van der Waals surface area contributed by atoms with Crippen molar-refractivity contribution in [1.29, 1.82) is 0 Å². The van der Waals surface area contributed by atoms with Gasteiger partial charge in [0.25, 0.3) is 0 Å². The fourth-order valence-electron chi connectivity index (χ4n) is 3.47. The lowest BCUT2D eigenvalue weighted by atomic mass is 10.1. The van der Waals surface area contributed by atoms with E-state index >= 15 is 0 Å². The minimum absolute atomic E-state index is 0.842. The van der Waals surface area contributed by atoms with Crippen LogP contribution in [0.1, 0.15) is 0 Å². The lowest BCUT2D eigenvalue weighted by molar-refractivity contribution is 0.415. The molecule has 2 aromatic heterocycles. The highest BCUT2D eigenvalue weighted by Crippen LogP contribution is 2.33. The molecule has 0 aliphatic rings. The molecule has 0 N–H and O–H groups in total. The van der Waals surface area contributed by atoms with Crippen LogP contribution in [-0.4, -0.2) is 16.5 Å². The monoisotopic (exact) mass is 324 g/mol. The van der Waals surface area contributed by atoms with Crippen molar-refractivity contribution in [2.45, 2.75) is 0 Å². The Bertz CT molecular complexity index is 1220. The lowest BCUT2D eigenvalue weighted by Crippen LogP contribution is -1.94. The van der Waals surface area contributed by atoms with E-state index in [2.05, 4.69) is 65.1 Å². The van der Waals surface area contributed by atoms with E-state index in [1.54, 1.807) is 7.11 Å². The SMILES string of the molecule is COc1ccc2cc(-c3ccccc3)n3c4ccccc4nc3c2c1. The fraction of sp³-hybridized carbons (Fsp3) is 0.0455. The van der Waals surface area contributed by atoms with Crippen LogP contribution >= 0.6 is 0 Å². The molecule has 3 aromatic carbocycles. The Balaban J connectivity index is 2.01. The smallest absolute Gasteiger partial charge is 0.146 e. The third kappa shape index (κ3) is 2.09. The minimum atomic E-state index is 0.842. The molecule has 0 aliphatic heterocycles. The molecule has 3 heteroatoms. The first-order valence-electron chi connectivity index (χ1n) is 8.28. The van der Waals surface area contributed by atoms with Gasteiger partial charge in [-0.15, -0.1) is 0 Å². The van der Waals surface area contributed by atoms with E-state index in [1.165, 1.54) is 5.56 Å². The summed E-state index contributed by atoms with van der Waals surface area (Å²) >= 11 is 0. The molecule has 2 heterocycles. The maximum atomic E-state index is 5.42. The van der Waals surface area contributed by atoms with Crippen LogP contribution in [0.4, 0.5) is 0 Å². The average molecular weight is 324 g/mol. The maximum Gasteiger partial charge on any atom is 0.146 e. The highest BCUT2D eigenvalue weighted by molar-refractivity contribution is 6.01. The number of fused-ring (bicyclic) bond motifs is 5. The van der Waals surface area contributed by atoms with Gasteiger partial charge >= 0.3 is 0 Å². The molecule has 0 radical (unpaired) electrons. The summed E-state index contributed by atoms with van der Waals surface area (Å²) in [5, 5.41) is 2.25. The molecule has 120 valence electrons. The van der Waals surface area contributed by atoms with Gasteiger partial charge in [0, 0.05) is 5.39 Å². The van der Waals surface area contributed by atoms with Crippen LogP contribution in [-0.2, 0) is 0 Å². The number of imidazole rings is 1. The number of aromatic nitrogens is 2. The van der Waals surface area contributed by atoms with Gasteiger partial charge in [0.2, 0.25) is 0 Å². The van der Waals surface area contributed by atoms with E-state index in [0.717, 1.165) is 38.9 Å². The highest BCUT2D eigenvalue weighted by Gasteiger charge is 2.14. The minimum Gasteiger partial charge on any atom is -0.497 e. The van der Waals surface area contributed by atoms with Crippen LogP contribution in [0.25, 0.3) is 38.7 Å². The van der Waals surface area contributed by atoms with Crippen molar-refractivity contribution in [2.24, 2.45) is 0 Å². The van der Waals surface area contributed by atoms with Crippen molar-refractivity contribution < 1.29 is 4.74 Å². The second-order valence-corrected chi connectivity index (χ2v) is 6.11. The fourth-order valence-corrected chi connectivity index (χ4v) is 3.47. The molecule has 5 aromatic rings. The van der Waals surface area contributed by atoms with Crippen molar-refractivity contribution in [2.75, 3.05) is 7.11 Å². The van der Waals surface area contributed by atoms with E-state index in [-0.39, 0.29) is 0 Å². The molecular weight excluding hydrogens is 308 g/mol. The van der Waals surface area contributed by atoms with Gasteiger partial charge in [-0.05, 0) is 41.3 Å². The zero-order chi connectivity index (χ0) is 16.8. The summed E-state index contributed by atoms with van der Waals surface area (Å²) < 4.78 is 7.67. The molecule has 0 unspecified atom stereocenters. The number of nitrogens with zero attached hydrogens (tertiary/aromatic N) is 2. The Morgan fingerprint density at radius 1 is 0.840 bits per heavy atom. The van der Waals surface area contributed by atoms with E-state index in [1.807, 2.05) is 18.2 Å². The second kappa shape index (κ2) is 5.35. The maximum absolute atomic E-state index is 5.42. The number of rotatable bonds is 2. The topological polar surface area (TPSA) is 26.5 Å². The third-order valence-corrected chi connectivity index (χ3v) is 4.66. The molecular formula is C22H16N2O. The molecule has 0 fully saturated rings. The molecule has 0 saturated heterocycles. The van der Waals surface area contributed by atoms with Crippen molar-refractivity contribution in [3.05, 3.63) is 78.9 Å². The van der Waals surface area contributed by atoms with E-state index in [9.17, 15) is 0 Å². The van der Waals surface area contributed by atoms with E-state index < -0.39 is 0 Å². The van der Waals surface area contributed by atoms with Crippen molar-refractivity contribution in [3.8, 4) is 17.0 Å². The van der Waals surface area contributed by atoms with Crippen LogP contribution in [0.5, 0.6) is 5.75 Å². The number of hydrogen-bond acceptors (Lipinski definition) is 2. The summed E-state index contributed by atoms with van der Waals surface area (Å²) in [6.45, 7) is 0.